The van der Waals surface area contributed by atoms with Crippen molar-refractivity contribution in [3.8, 4) is 22.9 Å². The predicted molar refractivity (Wildman–Crippen MR) is 50.0 cm³/mol. The van der Waals surface area contributed by atoms with E-state index < -0.39 is 0 Å². The number of methoxy groups -OCH3 is 1. The predicted octanol–water partition coefficient (Wildman–Crippen LogP) is 1.19. The summed E-state index contributed by atoms with van der Waals surface area (Å²) in [6.45, 7) is 0. The van der Waals surface area contributed by atoms with Gasteiger partial charge in [-0.3, -0.25) is 5.10 Å². The molecule has 2 aromatic rings. The minimum Gasteiger partial charge on any atom is -0.507 e. The zero-order valence-corrected chi connectivity index (χ0v) is 7.56. The highest BCUT2D eigenvalue weighted by Crippen LogP contribution is 2.29. The van der Waals surface area contributed by atoms with E-state index in [0.717, 1.165) is 0 Å². The highest BCUT2D eigenvalue weighted by molar-refractivity contribution is 5.64. The topological polar surface area (TPSA) is 71.0 Å². The Morgan fingerprint density at radius 1 is 1.43 bits per heavy atom. The van der Waals surface area contributed by atoms with Gasteiger partial charge < -0.3 is 9.84 Å². The minimum atomic E-state index is 0.112. The molecule has 14 heavy (non-hydrogen) atoms. The monoisotopic (exact) mass is 191 g/mol. The molecule has 1 aromatic carbocycles. The number of nitrogens with one attached hydrogen (secondary N) is 1. The Morgan fingerprint density at radius 2 is 2.29 bits per heavy atom. The van der Waals surface area contributed by atoms with Crippen LogP contribution in [0.4, 0.5) is 0 Å². The van der Waals surface area contributed by atoms with Crippen molar-refractivity contribution in [2.24, 2.45) is 0 Å². The summed E-state index contributed by atoms with van der Waals surface area (Å²) in [6.07, 6.45) is 1.39. The molecule has 0 saturated carbocycles. The first-order chi connectivity index (χ1) is 6.81. The van der Waals surface area contributed by atoms with Gasteiger partial charge in [0, 0.05) is 6.07 Å². The first-order valence-electron chi connectivity index (χ1n) is 4.04. The van der Waals surface area contributed by atoms with E-state index in [1.165, 1.54) is 12.4 Å². The number of aromatic hydroxyl groups is 1. The summed E-state index contributed by atoms with van der Waals surface area (Å²) in [4.78, 5) is 3.94. The number of rotatable bonds is 2. The lowest BCUT2D eigenvalue weighted by molar-refractivity contribution is 0.408. The van der Waals surface area contributed by atoms with Gasteiger partial charge in [-0.2, -0.15) is 5.10 Å². The quantitative estimate of drug-likeness (QED) is 0.747. The molecule has 0 spiro atoms. The Balaban J connectivity index is 2.46. The molecule has 0 bridgehead atoms. The summed E-state index contributed by atoms with van der Waals surface area (Å²) in [7, 11) is 1.54. The molecular weight excluding hydrogens is 182 g/mol. The molecule has 0 saturated heterocycles. The summed E-state index contributed by atoms with van der Waals surface area (Å²) < 4.78 is 4.96. The van der Waals surface area contributed by atoms with E-state index in [2.05, 4.69) is 15.2 Å². The Bertz CT molecular complexity index is 426. The highest BCUT2D eigenvalue weighted by atomic mass is 16.5. The third kappa shape index (κ3) is 1.39. The van der Waals surface area contributed by atoms with Gasteiger partial charge in [-0.1, -0.05) is 0 Å². The van der Waals surface area contributed by atoms with Crippen LogP contribution in [0.25, 0.3) is 11.4 Å². The van der Waals surface area contributed by atoms with E-state index in [9.17, 15) is 5.11 Å². The summed E-state index contributed by atoms with van der Waals surface area (Å²) in [5.41, 5.74) is 0.600. The highest BCUT2D eigenvalue weighted by Gasteiger charge is 2.07. The lowest BCUT2D eigenvalue weighted by atomic mass is 10.2. The van der Waals surface area contributed by atoms with Crippen LogP contribution in [0, 0.1) is 0 Å². The molecule has 0 fully saturated rings. The average Bonchev–Trinajstić information content (AvgIpc) is 2.70. The van der Waals surface area contributed by atoms with Gasteiger partial charge in [0.05, 0.1) is 12.7 Å². The van der Waals surface area contributed by atoms with Crippen molar-refractivity contribution in [2.75, 3.05) is 7.11 Å². The smallest absolute Gasteiger partial charge is 0.159 e. The molecule has 0 aliphatic rings. The van der Waals surface area contributed by atoms with Gasteiger partial charge in [0.1, 0.15) is 17.8 Å². The first-order valence-corrected chi connectivity index (χ1v) is 4.04. The zero-order valence-electron chi connectivity index (χ0n) is 7.56. The van der Waals surface area contributed by atoms with Gasteiger partial charge in [0.15, 0.2) is 5.82 Å². The number of nitrogens with zero attached hydrogens (tertiary/aromatic N) is 2. The standard InChI is InChI=1S/C9H9N3O2/c1-14-6-2-3-7(8(13)4-6)9-10-5-11-12-9/h2-5,13H,1H3,(H,10,11,12). The molecule has 2 N–H and O–H groups in total. The van der Waals surface area contributed by atoms with Crippen LogP contribution in [0.1, 0.15) is 0 Å². The van der Waals surface area contributed by atoms with Crippen molar-refractivity contribution in [1.29, 1.82) is 0 Å². The lowest BCUT2D eigenvalue weighted by Gasteiger charge is -2.03. The van der Waals surface area contributed by atoms with Gasteiger partial charge >= 0.3 is 0 Å². The molecule has 1 aromatic heterocycles. The molecule has 2 rings (SSSR count). The van der Waals surface area contributed by atoms with E-state index in [1.54, 1.807) is 19.2 Å². The number of H-pyrrole nitrogens is 1. The lowest BCUT2D eigenvalue weighted by Crippen LogP contribution is -1.85. The van der Waals surface area contributed by atoms with Crippen molar-refractivity contribution in [2.45, 2.75) is 0 Å². The van der Waals surface area contributed by atoms with Gasteiger partial charge in [-0.15, -0.1) is 0 Å². The third-order valence-electron chi connectivity index (χ3n) is 1.88. The van der Waals surface area contributed by atoms with E-state index in [0.29, 0.717) is 17.1 Å². The summed E-state index contributed by atoms with van der Waals surface area (Å²) in [5, 5.41) is 16.0. The first kappa shape index (κ1) is 8.55. The summed E-state index contributed by atoms with van der Waals surface area (Å²) >= 11 is 0. The third-order valence-corrected chi connectivity index (χ3v) is 1.88. The van der Waals surface area contributed by atoms with Crippen molar-refractivity contribution < 1.29 is 9.84 Å². The molecule has 0 aliphatic carbocycles. The zero-order chi connectivity index (χ0) is 9.97. The molecular formula is C9H9N3O2. The number of ether oxygens (including phenoxy) is 1. The van der Waals surface area contributed by atoms with Crippen LogP contribution < -0.4 is 4.74 Å². The van der Waals surface area contributed by atoms with Gasteiger partial charge in [-0.05, 0) is 12.1 Å². The fourth-order valence-corrected chi connectivity index (χ4v) is 1.17. The van der Waals surface area contributed by atoms with Gasteiger partial charge in [0.25, 0.3) is 0 Å². The van der Waals surface area contributed by atoms with Crippen molar-refractivity contribution in [3.05, 3.63) is 24.5 Å². The van der Waals surface area contributed by atoms with Crippen LogP contribution in [-0.4, -0.2) is 27.4 Å². The Labute approximate surface area is 80.4 Å². The summed E-state index contributed by atoms with van der Waals surface area (Å²) in [5.74, 6) is 1.25. The van der Waals surface area contributed by atoms with Gasteiger partial charge in [-0.25, -0.2) is 4.98 Å². The molecule has 5 heteroatoms. The molecule has 1 heterocycles. The number of benzene rings is 1. The van der Waals surface area contributed by atoms with Crippen molar-refractivity contribution in [1.82, 2.24) is 15.2 Å². The SMILES string of the molecule is COc1ccc(-c2ncn[nH]2)c(O)c1. The largest absolute Gasteiger partial charge is 0.507 e. The second kappa shape index (κ2) is 3.37. The van der Waals surface area contributed by atoms with Crippen LogP contribution in [-0.2, 0) is 0 Å². The molecule has 0 atom stereocenters. The number of phenolic OH excluding ortho intramolecular Hbond substituents is 1. The van der Waals surface area contributed by atoms with Crippen LogP contribution in [0.15, 0.2) is 24.5 Å². The fourth-order valence-electron chi connectivity index (χ4n) is 1.17. The summed E-state index contributed by atoms with van der Waals surface area (Å²) in [6, 6.07) is 4.99. The number of aromatic amines is 1. The second-order valence-corrected chi connectivity index (χ2v) is 2.72. The number of hydrogen-bond donors (Lipinski definition) is 2. The minimum absolute atomic E-state index is 0.112. The Morgan fingerprint density at radius 3 is 2.86 bits per heavy atom. The number of aromatic nitrogens is 3. The average molecular weight is 191 g/mol. The van der Waals surface area contributed by atoms with Crippen LogP contribution in [0.2, 0.25) is 0 Å². The van der Waals surface area contributed by atoms with Gasteiger partial charge in [0.2, 0.25) is 0 Å². The van der Waals surface area contributed by atoms with Crippen LogP contribution >= 0.6 is 0 Å². The van der Waals surface area contributed by atoms with E-state index >= 15 is 0 Å². The molecule has 0 radical (unpaired) electrons. The Kier molecular flexibility index (Phi) is 2.06. The maximum Gasteiger partial charge on any atom is 0.159 e. The van der Waals surface area contributed by atoms with E-state index in [4.69, 9.17) is 4.74 Å². The number of hydrogen-bond acceptors (Lipinski definition) is 4. The Hall–Kier alpha value is -2.04. The molecule has 5 nitrogen and oxygen atoms in total. The van der Waals surface area contributed by atoms with Crippen molar-refractivity contribution in [3.63, 3.8) is 0 Å². The molecule has 0 aliphatic heterocycles. The molecule has 0 unspecified atom stereocenters. The van der Waals surface area contributed by atoms with Crippen LogP contribution in [0.3, 0.4) is 0 Å². The van der Waals surface area contributed by atoms with E-state index in [1.807, 2.05) is 0 Å². The second-order valence-electron chi connectivity index (χ2n) is 2.72. The maximum absolute atomic E-state index is 9.63. The van der Waals surface area contributed by atoms with Crippen molar-refractivity contribution >= 4 is 0 Å². The molecule has 72 valence electrons. The van der Waals surface area contributed by atoms with Crippen LogP contribution in [0.5, 0.6) is 11.5 Å². The molecule has 0 amide bonds. The number of phenols is 1. The fraction of sp³-hybridized carbons (Fsp3) is 0.111. The van der Waals surface area contributed by atoms with E-state index in [-0.39, 0.29) is 5.75 Å². The maximum atomic E-state index is 9.63. The normalized spacial score (nSPS) is 10.1.